The van der Waals surface area contributed by atoms with Gasteiger partial charge in [0.1, 0.15) is 17.3 Å². The van der Waals surface area contributed by atoms with Crippen molar-refractivity contribution >= 4 is 11.8 Å². The predicted octanol–water partition coefficient (Wildman–Crippen LogP) is 4.59. The number of cyclic esters (lactones) is 1. The van der Waals surface area contributed by atoms with Crippen molar-refractivity contribution < 1.29 is 24.2 Å². The fourth-order valence-electron chi connectivity index (χ4n) is 9.12. The highest BCUT2D eigenvalue weighted by Crippen LogP contribution is 2.77. The molecule has 1 saturated heterocycles. The first-order valence-electron chi connectivity index (χ1n) is 12.6. The maximum Gasteiger partial charge on any atom is 0.334 e. The van der Waals surface area contributed by atoms with Crippen molar-refractivity contribution in [1.29, 1.82) is 0 Å². The Labute approximate surface area is 196 Å². The third kappa shape index (κ3) is 2.18. The second-order valence-corrected chi connectivity index (χ2v) is 12.2. The summed E-state index contributed by atoms with van der Waals surface area (Å²) in [7, 11) is 0. The second-order valence-electron chi connectivity index (χ2n) is 12.2. The van der Waals surface area contributed by atoms with E-state index in [2.05, 4.69) is 19.9 Å². The van der Waals surface area contributed by atoms with Gasteiger partial charge in [0, 0.05) is 17.4 Å². The summed E-state index contributed by atoms with van der Waals surface area (Å²) in [6.07, 6.45) is 11.0. The molecule has 2 heterocycles. The Hall–Kier alpha value is -1.72. The number of carbonyl (C=O) groups is 2. The molecule has 6 aliphatic rings. The molecule has 1 N–H and O–H groups in total. The predicted molar refractivity (Wildman–Crippen MR) is 123 cm³/mol. The van der Waals surface area contributed by atoms with Gasteiger partial charge in [0.2, 0.25) is 0 Å². The highest BCUT2D eigenvalue weighted by molar-refractivity contribution is 5.98. The van der Waals surface area contributed by atoms with Crippen LogP contribution in [0.15, 0.2) is 34.9 Å². The van der Waals surface area contributed by atoms with Gasteiger partial charge in [-0.2, -0.15) is 0 Å². The van der Waals surface area contributed by atoms with Crippen molar-refractivity contribution in [1.82, 2.24) is 0 Å². The van der Waals surface area contributed by atoms with Gasteiger partial charge in [-0.1, -0.05) is 30.2 Å². The first-order chi connectivity index (χ1) is 15.4. The van der Waals surface area contributed by atoms with Crippen molar-refractivity contribution in [2.24, 2.45) is 22.7 Å². The van der Waals surface area contributed by atoms with E-state index in [1.54, 1.807) is 13.0 Å². The van der Waals surface area contributed by atoms with Crippen LogP contribution in [-0.4, -0.2) is 39.8 Å². The van der Waals surface area contributed by atoms with Gasteiger partial charge in [-0.05, 0) is 84.1 Å². The number of ketones is 1. The number of hydrogen-bond acceptors (Lipinski definition) is 5. The van der Waals surface area contributed by atoms with E-state index < -0.39 is 33.7 Å². The minimum absolute atomic E-state index is 0.161. The Balaban J connectivity index is 1.45. The van der Waals surface area contributed by atoms with Crippen LogP contribution < -0.4 is 0 Å². The van der Waals surface area contributed by atoms with Crippen LogP contribution in [0.3, 0.4) is 0 Å². The Morgan fingerprint density at radius 1 is 1.06 bits per heavy atom. The van der Waals surface area contributed by atoms with Crippen molar-refractivity contribution in [2.75, 3.05) is 0 Å². The molecule has 2 aliphatic heterocycles. The van der Waals surface area contributed by atoms with E-state index in [1.807, 2.05) is 19.9 Å². The Kier molecular flexibility index (Phi) is 4.15. The van der Waals surface area contributed by atoms with E-state index in [1.165, 1.54) is 5.57 Å². The standard InChI is InChI=1S/C28H36O5/c1-16-15-22(32-23(30)17(16)2)26(5)28(31)14-13-27(33-26)20-10-9-18-7-6-8-21(29)25(18,4)19(20)11-12-24(27,28)3/h6,8-9,19-20,22,31H,7,10-15H2,1-5H3/t19-,20+,22+,24-,25-,26+,27+,28+/m0/s1. The van der Waals surface area contributed by atoms with Crippen LogP contribution in [0.2, 0.25) is 0 Å². The minimum Gasteiger partial charge on any atom is -0.455 e. The number of fused-ring (bicyclic) bond motifs is 3. The zero-order valence-corrected chi connectivity index (χ0v) is 20.5. The Bertz CT molecular complexity index is 1070. The SMILES string of the molecule is CC1=C(C)C(=O)O[C@@H]([C@@]2(C)O[C@@]34CC[C@@]2(O)[C@@]3(C)CC[C@H]2[C@H]4CC=C3CC=CC(=O)[C@@]32C)C1. The molecule has 4 aliphatic carbocycles. The largest absolute Gasteiger partial charge is 0.455 e. The van der Waals surface area contributed by atoms with Crippen molar-refractivity contribution in [2.45, 2.75) is 102 Å². The topological polar surface area (TPSA) is 72.8 Å². The maximum absolute atomic E-state index is 13.2. The molecule has 0 radical (unpaired) electrons. The van der Waals surface area contributed by atoms with E-state index in [4.69, 9.17) is 9.47 Å². The second kappa shape index (κ2) is 6.28. The summed E-state index contributed by atoms with van der Waals surface area (Å²) in [5.41, 5.74) is -0.588. The average molecular weight is 453 g/mol. The summed E-state index contributed by atoms with van der Waals surface area (Å²) in [4.78, 5) is 25.9. The molecule has 5 nitrogen and oxygen atoms in total. The molecular weight excluding hydrogens is 416 g/mol. The molecule has 0 amide bonds. The maximum atomic E-state index is 13.2. The summed E-state index contributed by atoms with van der Waals surface area (Å²) >= 11 is 0. The molecule has 2 saturated carbocycles. The minimum atomic E-state index is -1.08. The zero-order chi connectivity index (χ0) is 23.6. The van der Waals surface area contributed by atoms with Crippen molar-refractivity contribution in [3.05, 3.63) is 34.9 Å². The quantitative estimate of drug-likeness (QED) is 0.465. The number of rotatable bonds is 1. The molecule has 0 aromatic heterocycles. The third-order valence-electron chi connectivity index (χ3n) is 11.4. The summed E-state index contributed by atoms with van der Waals surface area (Å²) in [5, 5.41) is 12.4. The lowest BCUT2D eigenvalue weighted by Crippen LogP contribution is -2.63. The molecule has 33 heavy (non-hydrogen) atoms. The van der Waals surface area contributed by atoms with Crippen LogP contribution in [0.25, 0.3) is 0 Å². The monoisotopic (exact) mass is 452 g/mol. The van der Waals surface area contributed by atoms with Gasteiger partial charge in [0.25, 0.3) is 0 Å². The highest BCUT2D eigenvalue weighted by atomic mass is 16.6. The molecule has 178 valence electrons. The van der Waals surface area contributed by atoms with E-state index >= 15 is 0 Å². The normalized spacial score (nSPS) is 52.8. The zero-order valence-electron chi connectivity index (χ0n) is 20.5. The Morgan fingerprint density at radius 3 is 2.55 bits per heavy atom. The number of ether oxygens (including phenoxy) is 2. The molecule has 0 unspecified atom stereocenters. The van der Waals surface area contributed by atoms with E-state index in [9.17, 15) is 14.7 Å². The number of carbonyl (C=O) groups excluding carboxylic acids is 2. The fourth-order valence-corrected chi connectivity index (χ4v) is 9.12. The smallest absolute Gasteiger partial charge is 0.334 e. The lowest BCUT2D eigenvalue weighted by Gasteiger charge is -2.59. The highest BCUT2D eigenvalue weighted by Gasteiger charge is 2.84. The van der Waals surface area contributed by atoms with Gasteiger partial charge in [0.05, 0.1) is 11.0 Å². The number of allylic oxidation sites excluding steroid dienone is 4. The van der Waals surface area contributed by atoms with Crippen molar-refractivity contribution in [3.63, 3.8) is 0 Å². The molecule has 0 spiro atoms. The molecule has 2 bridgehead atoms. The van der Waals surface area contributed by atoms with Gasteiger partial charge >= 0.3 is 5.97 Å². The van der Waals surface area contributed by atoms with Crippen LogP contribution in [0.1, 0.15) is 79.6 Å². The number of hydrogen-bond donors (Lipinski definition) is 1. The third-order valence-corrected chi connectivity index (χ3v) is 11.4. The summed E-state index contributed by atoms with van der Waals surface area (Å²) < 4.78 is 13.1. The lowest BCUT2D eigenvalue weighted by molar-refractivity contribution is -0.247. The van der Waals surface area contributed by atoms with Crippen LogP contribution in [0, 0.1) is 22.7 Å². The first-order valence-corrected chi connectivity index (χ1v) is 12.6. The van der Waals surface area contributed by atoms with E-state index in [-0.39, 0.29) is 23.6 Å². The van der Waals surface area contributed by atoms with Crippen LogP contribution in [-0.2, 0) is 19.1 Å². The number of esters is 1. The molecule has 0 aromatic rings. The van der Waals surface area contributed by atoms with Gasteiger partial charge in [-0.25, -0.2) is 4.79 Å². The lowest BCUT2D eigenvalue weighted by atomic mass is 9.46. The van der Waals surface area contributed by atoms with Crippen molar-refractivity contribution in [3.8, 4) is 0 Å². The molecule has 5 heteroatoms. The summed E-state index contributed by atoms with van der Waals surface area (Å²) in [6.45, 7) is 10.1. The molecule has 0 aromatic carbocycles. The van der Waals surface area contributed by atoms with Crippen LogP contribution in [0.5, 0.6) is 0 Å². The van der Waals surface area contributed by atoms with Crippen LogP contribution >= 0.6 is 0 Å². The molecule has 6 rings (SSSR count). The Morgan fingerprint density at radius 2 is 1.82 bits per heavy atom. The fraction of sp³-hybridized carbons (Fsp3) is 0.714. The van der Waals surface area contributed by atoms with Gasteiger partial charge in [0.15, 0.2) is 5.78 Å². The molecule has 3 fully saturated rings. The van der Waals surface area contributed by atoms with Gasteiger partial charge < -0.3 is 14.6 Å². The first kappa shape index (κ1) is 21.8. The molecular formula is C28H36O5. The summed E-state index contributed by atoms with van der Waals surface area (Å²) in [6, 6.07) is 0. The number of aliphatic hydroxyl groups is 1. The van der Waals surface area contributed by atoms with Crippen LogP contribution in [0.4, 0.5) is 0 Å². The van der Waals surface area contributed by atoms with Gasteiger partial charge in [-0.15, -0.1) is 0 Å². The van der Waals surface area contributed by atoms with E-state index in [0.29, 0.717) is 18.4 Å². The summed E-state index contributed by atoms with van der Waals surface area (Å²) in [5.74, 6) is 0.265. The van der Waals surface area contributed by atoms with Gasteiger partial charge in [-0.3, -0.25) is 4.79 Å². The van der Waals surface area contributed by atoms with E-state index in [0.717, 1.165) is 37.7 Å². The molecule has 8 atom stereocenters. The average Bonchev–Trinajstić information content (AvgIpc) is 3.10.